The Balaban J connectivity index is 1.23. The van der Waals surface area contributed by atoms with Crippen LogP contribution < -0.4 is 0 Å². The molecule has 2 atom stereocenters. The van der Waals surface area contributed by atoms with Gasteiger partial charge in [0.25, 0.3) is 0 Å². The normalized spacial score (nSPS) is 26.9. The maximum atomic E-state index is 4.50. The lowest BCUT2D eigenvalue weighted by molar-refractivity contribution is 0.0250. The summed E-state index contributed by atoms with van der Waals surface area (Å²) in [7, 11) is 4.25. The highest BCUT2D eigenvalue weighted by Gasteiger charge is 2.34. The summed E-state index contributed by atoms with van der Waals surface area (Å²) in [5, 5.41) is 17.9. The Morgan fingerprint density at radius 3 is 1.64 bits per heavy atom. The summed E-state index contributed by atoms with van der Waals surface area (Å²) < 4.78 is 4.45. The lowest BCUT2D eigenvalue weighted by atomic mass is 10.1. The molecule has 2 aliphatic carbocycles. The van der Waals surface area contributed by atoms with Crippen molar-refractivity contribution in [2.75, 3.05) is 13.1 Å². The summed E-state index contributed by atoms with van der Waals surface area (Å²) in [4.78, 5) is 5.10. The number of rotatable bonds is 6. The second-order valence-corrected chi connectivity index (χ2v) is 9.18. The monoisotopic (exact) mass is 384 g/mol. The summed E-state index contributed by atoms with van der Waals surface area (Å²) in [6.07, 6.45) is 5.07. The Bertz CT molecular complexity index is 835. The number of nitrogens with zero attached hydrogens (tertiary/aromatic N) is 8. The second kappa shape index (κ2) is 6.91. The minimum absolute atomic E-state index is 0.473. The van der Waals surface area contributed by atoms with Gasteiger partial charge in [-0.25, -0.2) is 0 Å². The molecule has 28 heavy (non-hydrogen) atoms. The first-order valence-corrected chi connectivity index (χ1v) is 10.8. The van der Waals surface area contributed by atoms with Crippen LogP contribution in [0, 0.1) is 0 Å². The average molecular weight is 385 g/mol. The maximum absolute atomic E-state index is 4.50. The van der Waals surface area contributed by atoms with Gasteiger partial charge >= 0.3 is 0 Å². The fourth-order valence-corrected chi connectivity index (χ4v) is 4.69. The Labute approximate surface area is 166 Å². The molecule has 0 aromatic carbocycles. The van der Waals surface area contributed by atoms with Gasteiger partial charge in [-0.05, 0) is 39.5 Å². The van der Waals surface area contributed by atoms with Gasteiger partial charge in [0.05, 0.1) is 13.1 Å². The third kappa shape index (κ3) is 3.37. The molecule has 3 heterocycles. The van der Waals surface area contributed by atoms with Crippen molar-refractivity contribution in [2.45, 2.75) is 76.5 Å². The van der Waals surface area contributed by atoms with Crippen LogP contribution in [0.4, 0.5) is 0 Å². The molecule has 0 unspecified atom stereocenters. The molecule has 0 N–H and O–H groups in total. The molecule has 2 saturated carbocycles. The fraction of sp³-hybridized carbons (Fsp3) is 0.800. The minimum atomic E-state index is 0.473. The van der Waals surface area contributed by atoms with Crippen LogP contribution in [0.2, 0.25) is 0 Å². The van der Waals surface area contributed by atoms with Crippen LogP contribution in [0.15, 0.2) is 0 Å². The summed E-state index contributed by atoms with van der Waals surface area (Å²) in [5.41, 5.74) is 0. The molecule has 152 valence electrons. The van der Waals surface area contributed by atoms with Crippen LogP contribution in [0.25, 0.3) is 0 Å². The number of aromatic nitrogens is 6. The number of piperazine rings is 1. The standard InChI is InChI=1S/C20H32N8/c1-13-9-27(11-17-21-23-19(25(17)3)15-5-6-15)10-14(2)28(13)12-18-22-24-20(26(18)4)16-7-8-16/h13-16H,5-12H2,1-4H3/t13-,14+. The average Bonchev–Trinajstić information content (AvgIpc) is 3.58. The summed E-state index contributed by atoms with van der Waals surface area (Å²) in [6.45, 7) is 8.50. The molecule has 1 saturated heterocycles. The van der Waals surface area contributed by atoms with Crippen molar-refractivity contribution in [1.82, 2.24) is 39.3 Å². The van der Waals surface area contributed by atoms with E-state index in [1.807, 2.05) is 0 Å². The van der Waals surface area contributed by atoms with Crippen LogP contribution >= 0.6 is 0 Å². The molecule has 0 spiro atoms. The third-order valence-electron chi connectivity index (χ3n) is 6.75. The van der Waals surface area contributed by atoms with Crippen LogP contribution in [0.1, 0.15) is 74.7 Å². The van der Waals surface area contributed by atoms with Gasteiger partial charge < -0.3 is 9.13 Å². The van der Waals surface area contributed by atoms with Crippen molar-refractivity contribution < 1.29 is 0 Å². The molecule has 5 rings (SSSR count). The predicted molar refractivity (Wildman–Crippen MR) is 106 cm³/mol. The van der Waals surface area contributed by atoms with Crippen LogP contribution in [0.5, 0.6) is 0 Å². The fourth-order valence-electron chi connectivity index (χ4n) is 4.69. The van der Waals surface area contributed by atoms with Crippen LogP contribution in [-0.2, 0) is 27.2 Å². The zero-order valence-electron chi connectivity index (χ0n) is 17.5. The van der Waals surface area contributed by atoms with E-state index in [1.54, 1.807) is 0 Å². The largest absolute Gasteiger partial charge is 0.317 e. The van der Waals surface area contributed by atoms with Crippen molar-refractivity contribution in [3.63, 3.8) is 0 Å². The van der Waals surface area contributed by atoms with E-state index in [0.29, 0.717) is 23.9 Å². The van der Waals surface area contributed by atoms with Gasteiger partial charge in [-0.3, -0.25) is 9.80 Å². The third-order valence-corrected chi connectivity index (χ3v) is 6.75. The van der Waals surface area contributed by atoms with Crippen LogP contribution in [-0.4, -0.2) is 64.5 Å². The summed E-state index contributed by atoms with van der Waals surface area (Å²) in [5.74, 6) is 5.82. The Morgan fingerprint density at radius 2 is 1.18 bits per heavy atom. The van der Waals surface area contributed by atoms with Crippen molar-refractivity contribution in [2.24, 2.45) is 14.1 Å². The number of hydrogen-bond acceptors (Lipinski definition) is 6. The van der Waals surface area contributed by atoms with Gasteiger partial charge in [-0.2, -0.15) is 0 Å². The van der Waals surface area contributed by atoms with Gasteiger partial charge in [0.1, 0.15) is 23.3 Å². The highest BCUT2D eigenvalue weighted by molar-refractivity contribution is 5.09. The Kier molecular flexibility index (Phi) is 4.50. The molecule has 0 amide bonds. The first kappa shape index (κ1) is 18.2. The maximum Gasteiger partial charge on any atom is 0.146 e. The first-order valence-electron chi connectivity index (χ1n) is 10.8. The Morgan fingerprint density at radius 1 is 0.714 bits per heavy atom. The van der Waals surface area contributed by atoms with E-state index in [9.17, 15) is 0 Å². The highest BCUT2D eigenvalue weighted by Crippen LogP contribution is 2.39. The van der Waals surface area contributed by atoms with Gasteiger partial charge in [0.2, 0.25) is 0 Å². The van der Waals surface area contributed by atoms with Gasteiger partial charge in [-0.1, -0.05) is 0 Å². The molecule has 2 aromatic heterocycles. The van der Waals surface area contributed by atoms with E-state index in [-0.39, 0.29) is 0 Å². The molecule has 8 heteroatoms. The molecule has 0 bridgehead atoms. The van der Waals surface area contributed by atoms with E-state index in [0.717, 1.165) is 37.8 Å². The zero-order valence-corrected chi connectivity index (χ0v) is 17.5. The number of hydrogen-bond donors (Lipinski definition) is 0. The van der Waals surface area contributed by atoms with E-state index >= 15 is 0 Å². The van der Waals surface area contributed by atoms with E-state index in [2.05, 4.69) is 67.3 Å². The smallest absolute Gasteiger partial charge is 0.146 e. The molecular weight excluding hydrogens is 352 g/mol. The second-order valence-electron chi connectivity index (χ2n) is 9.18. The van der Waals surface area contributed by atoms with E-state index in [1.165, 1.54) is 37.3 Å². The topological polar surface area (TPSA) is 67.9 Å². The lowest BCUT2D eigenvalue weighted by Crippen LogP contribution is -2.56. The minimum Gasteiger partial charge on any atom is -0.317 e. The summed E-state index contributed by atoms with van der Waals surface area (Å²) in [6, 6.07) is 0.946. The van der Waals surface area contributed by atoms with Gasteiger partial charge in [-0.15, -0.1) is 20.4 Å². The van der Waals surface area contributed by atoms with Crippen LogP contribution in [0.3, 0.4) is 0 Å². The lowest BCUT2D eigenvalue weighted by Gasteiger charge is -2.44. The van der Waals surface area contributed by atoms with Crippen molar-refractivity contribution >= 4 is 0 Å². The quantitative estimate of drug-likeness (QED) is 0.756. The first-order chi connectivity index (χ1) is 13.5. The summed E-state index contributed by atoms with van der Waals surface area (Å²) >= 11 is 0. The highest BCUT2D eigenvalue weighted by atomic mass is 15.4. The van der Waals surface area contributed by atoms with Crippen molar-refractivity contribution in [3.05, 3.63) is 23.3 Å². The zero-order chi connectivity index (χ0) is 19.4. The van der Waals surface area contributed by atoms with Crippen molar-refractivity contribution in [3.8, 4) is 0 Å². The van der Waals surface area contributed by atoms with E-state index in [4.69, 9.17) is 0 Å². The predicted octanol–water partition coefficient (Wildman–Crippen LogP) is 1.79. The van der Waals surface area contributed by atoms with E-state index < -0.39 is 0 Å². The molecule has 2 aromatic rings. The Hall–Kier alpha value is -1.80. The SMILES string of the molecule is C[C@@H]1CN(Cc2nnc(C3CC3)n2C)C[C@H](C)N1Cc1nnc(C2CC2)n1C. The molecular formula is C20H32N8. The van der Waals surface area contributed by atoms with Crippen molar-refractivity contribution in [1.29, 1.82) is 0 Å². The molecule has 1 aliphatic heterocycles. The van der Waals surface area contributed by atoms with Gasteiger partial charge in [0, 0.05) is 51.1 Å². The molecule has 8 nitrogen and oxygen atoms in total. The van der Waals surface area contributed by atoms with Gasteiger partial charge in [0.15, 0.2) is 0 Å². The molecule has 3 fully saturated rings. The molecule has 0 radical (unpaired) electrons. The molecule has 3 aliphatic rings.